The highest BCUT2D eigenvalue weighted by molar-refractivity contribution is 7.15. The van der Waals surface area contributed by atoms with Crippen molar-refractivity contribution in [1.82, 2.24) is 10.2 Å². The topological polar surface area (TPSA) is 77.8 Å². The van der Waals surface area contributed by atoms with Gasteiger partial charge in [0, 0.05) is 12.1 Å². The molecule has 4 N–H and O–H groups in total. The number of anilines is 2. The van der Waals surface area contributed by atoms with Crippen LogP contribution in [0.5, 0.6) is 0 Å². The molecule has 4 nitrogen and oxygen atoms in total. The van der Waals surface area contributed by atoms with Gasteiger partial charge in [-0.15, -0.1) is 10.2 Å². The van der Waals surface area contributed by atoms with Gasteiger partial charge in [-0.05, 0) is 17.7 Å². The van der Waals surface area contributed by atoms with E-state index < -0.39 is 0 Å². The molecule has 0 amide bonds. The van der Waals surface area contributed by atoms with Gasteiger partial charge in [-0.2, -0.15) is 0 Å². The quantitative estimate of drug-likeness (QED) is 0.726. The second-order valence-electron chi connectivity index (χ2n) is 2.95. The van der Waals surface area contributed by atoms with E-state index in [1.807, 2.05) is 24.3 Å². The molecular weight excluding hydrogens is 196 g/mol. The minimum absolute atomic E-state index is 0.510. The number of hydrogen-bond acceptors (Lipinski definition) is 5. The van der Waals surface area contributed by atoms with Crippen LogP contribution in [0, 0.1) is 0 Å². The monoisotopic (exact) mass is 206 g/mol. The standard InChI is InChI=1S/C9H10N4S/c10-7-3-1-6(2-4-7)5-8-12-13-9(11)14-8/h1-4H,5,10H2,(H2,11,13). The smallest absolute Gasteiger partial charge is 0.203 e. The molecule has 0 aliphatic heterocycles. The molecule has 1 heterocycles. The Morgan fingerprint density at radius 1 is 1.07 bits per heavy atom. The molecule has 0 radical (unpaired) electrons. The van der Waals surface area contributed by atoms with E-state index in [-0.39, 0.29) is 0 Å². The zero-order valence-electron chi connectivity index (χ0n) is 7.47. The number of aromatic nitrogens is 2. The van der Waals surface area contributed by atoms with E-state index in [4.69, 9.17) is 11.5 Å². The van der Waals surface area contributed by atoms with Gasteiger partial charge in [-0.3, -0.25) is 0 Å². The maximum Gasteiger partial charge on any atom is 0.203 e. The maximum atomic E-state index is 5.58. The summed E-state index contributed by atoms with van der Waals surface area (Å²) in [6.45, 7) is 0. The van der Waals surface area contributed by atoms with E-state index in [0.717, 1.165) is 22.7 Å². The molecule has 1 aromatic carbocycles. The van der Waals surface area contributed by atoms with Crippen molar-refractivity contribution in [3.63, 3.8) is 0 Å². The third-order valence-electron chi connectivity index (χ3n) is 1.82. The van der Waals surface area contributed by atoms with Crippen LogP contribution in [0.15, 0.2) is 24.3 Å². The van der Waals surface area contributed by atoms with Crippen LogP contribution >= 0.6 is 11.3 Å². The van der Waals surface area contributed by atoms with Crippen LogP contribution < -0.4 is 11.5 Å². The fourth-order valence-corrected chi connectivity index (χ4v) is 1.79. The fourth-order valence-electron chi connectivity index (χ4n) is 1.15. The van der Waals surface area contributed by atoms with Gasteiger partial charge >= 0.3 is 0 Å². The number of rotatable bonds is 2. The molecular formula is C9H10N4S. The molecule has 0 spiro atoms. The molecule has 2 rings (SSSR count). The Balaban J connectivity index is 2.15. The number of hydrogen-bond donors (Lipinski definition) is 2. The van der Waals surface area contributed by atoms with Crippen LogP contribution in [0.1, 0.15) is 10.6 Å². The summed E-state index contributed by atoms with van der Waals surface area (Å²) in [4.78, 5) is 0. The molecule has 1 aromatic heterocycles. The van der Waals surface area contributed by atoms with E-state index in [2.05, 4.69) is 10.2 Å². The van der Waals surface area contributed by atoms with E-state index >= 15 is 0 Å². The first-order chi connectivity index (χ1) is 6.74. The molecule has 0 aliphatic rings. The second kappa shape index (κ2) is 3.63. The van der Waals surface area contributed by atoms with Gasteiger partial charge in [-0.1, -0.05) is 23.5 Å². The van der Waals surface area contributed by atoms with Gasteiger partial charge in [0.15, 0.2) is 0 Å². The molecule has 0 aliphatic carbocycles. The molecule has 0 atom stereocenters. The van der Waals surface area contributed by atoms with Crippen molar-refractivity contribution in [2.75, 3.05) is 11.5 Å². The Labute approximate surface area is 85.6 Å². The van der Waals surface area contributed by atoms with Crippen molar-refractivity contribution >= 4 is 22.2 Å². The number of nitrogens with zero attached hydrogens (tertiary/aromatic N) is 2. The molecule has 0 saturated carbocycles. The molecule has 2 aromatic rings. The van der Waals surface area contributed by atoms with Crippen LogP contribution in [0.4, 0.5) is 10.8 Å². The first-order valence-corrected chi connectivity index (χ1v) is 4.98. The highest BCUT2D eigenvalue weighted by atomic mass is 32.1. The summed E-state index contributed by atoms with van der Waals surface area (Å²) < 4.78 is 0. The van der Waals surface area contributed by atoms with Crippen LogP contribution in [-0.2, 0) is 6.42 Å². The maximum absolute atomic E-state index is 5.58. The van der Waals surface area contributed by atoms with E-state index in [1.165, 1.54) is 11.3 Å². The lowest BCUT2D eigenvalue weighted by Crippen LogP contribution is -1.89. The molecule has 0 bridgehead atoms. The lowest BCUT2D eigenvalue weighted by molar-refractivity contribution is 1.01. The summed E-state index contributed by atoms with van der Waals surface area (Å²) >= 11 is 1.41. The highest BCUT2D eigenvalue weighted by Crippen LogP contribution is 2.16. The molecule has 0 saturated heterocycles. The summed E-state index contributed by atoms with van der Waals surface area (Å²) in [6.07, 6.45) is 0.759. The highest BCUT2D eigenvalue weighted by Gasteiger charge is 2.01. The van der Waals surface area contributed by atoms with E-state index in [1.54, 1.807) is 0 Å². The van der Waals surface area contributed by atoms with Crippen molar-refractivity contribution in [3.8, 4) is 0 Å². The van der Waals surface area contributed by atoms with Crippen molar-refractivity contribution in [2.45, 2.75) is 6.42 Å². The van der Waals surface area contributed by atoms with Gasteiger partial charge in [-0.25, -0.2) is 0 Å². The molecule has 5 heteroatoms. The number of nitrogen functional groups attached to an aromatic ring is 2. The third kappa shape index (κ3) is 2.00. The van der Waals surface area contributed by atoms with Gasteiger partial charge in [0.25, 0.3) is 0 Å². The lowest BCUT2D eigenvalue weighted by Gasteiger charge is -1.97. The van der Waals surface area contributed by atoms with Gasteiger partial charge in [0.05, 0.1) is 0 Å². The average molecular weight is 206 g/mol. The fraction of sp³-hybridized carbons (Fsp3) is 0.111. The minimum atomic E-state index is 0.510. The summed E-state index contributed by atoms with van der Waals surface area (Å²) in [7, 11) is 0. The van der Waals surface area contributed by atoms with E-state index in [9.17, 15) is 0 Å². The second-order valence-corrected chi connectivity index (χ2v) is 4.05. The normalized spacial score (nSPS) is 10.3. The largest absolute Gasteiger partial charge is 0.399 e. The zero-order valence-corrected chi connectivity index (χ0v) is 8.29. The Morgan fingerprint density at radius 2 is 1.79 bits per heavy atom. The van der Waals surface area contributed by atoms with Crippen LogP contribution in [0.3, 0.4) is 0 Å². The Kier molecular flexibility index (Phi) is 2.32. The first kappa shape index (κ1) is 8.96. The van der Waals surface area contributed by atoms with Crippen LogP contribution in [0.2, 0.25) is 0 Å². The Hall–Kier alpha value is -1.62. The third-order valence-corrected chi connectivity index (χ3v) is 2.57. The predicted molar refractivity (Wildman–Crippen MR) is 58.0 cm³/mol. The number of nitrogens with two attached hydrogens (primary N) is 2. The minimum Gasteiger partial charge on any atom is -0.399 e. The molecule has 72 valence electrons. The molecule has 0 unspecified atom stereocenters. The first-order valence-electron chi connectivity index (χ1n) is 4.16. The van der Waals surface area contributed by atoms with Crippen molar-refractivity contribution in [2.24, 2.45) is 0 Å². The Morgan fingerprint density at radius 3 is 2.36 bits per heavy atom. The van der Waals surface area contributed by atoms with E-state index in [0.29, 0.717) is 5.13 Å². The van der Waals surface area contributed by atoms with Crippen molar-refractivity contribution in [1.29, 1.82) is 0 Å². The van der Waals surface area contributed by atoms with Crippen LogP contribution in [-0.4, -0.2) is 10.2 Å². The van der Waals surface area contributed by atoms with Crippen molar-refractivity contribution < 1.29 is 0 Å². The molecule has 14 heavy (non-hydrogen) atoms. The average Bonchev–Trinajstić information content (AvgIpc) is 2.56. The van der Waals surface area contributed by atoms with Gasteiger partial charge in [0.1, 0.15) is 5.01 Å². The van der Waals surface area contributed by atoms with Gasteiger partial charge < -0.3 is 11.5 Å². The van der Waals surface area contributed by atoms with Crippen LogP contribution in [0.25, 0.3) is 0 Å². The summed E-state index contributed by atoms with van der Waals surface area (Å²) in [5.41, 5.74) is 13.0. The summed E-state index contributed by atoms with van der Waals surface area (Å²) in [5.74, 6) is 0. The van der Waals surface area contributed by atoms with Crippen molar-refractivity contribution in [3.05, 3.63) is 34.8 Å². The molecule has 0 fully saturated rings. The number of benzene rings is 1. The van der Waals surface area contributed by atoms with Gasteiger partial charge in [0.2, 0.25) is 5.13 Å². The lowest BCUT2D eigenvalue weighted by atomic mass is 10.1. The SMILES string of the molecule is Nc1ccc(Cc2nnc(N)s2)cc1. The Bertz CT molecular complexity index is 421. The predicted octanol–water partition coefficient (Wildman–Crippen LogP) is 1.29. The zero-order chi connectivity index (χ0) is 9.97. The summed E-state index contributed by atoms with van der Waals surface area (Å²) in [6, 6.07) is 7.71. The summed E-state index contributed by atoms with van der Waals surface area (Å²) in [5, 5.41) is 9.13.